The van der Waals surface area contributed by atoms with Gasteiger partial charge in [0.15, 0.2) is 5.16 Å². The molecule has 0 aliphatic carbocycles. The molecule has 0 aliphatic rings. The Morgan fingerprint density at radius 1 is 0.944 bits per heavy atom. The molecule has 0 bridgehead atoms. The summed E-state index contributed by atoms with van der Waals surface area (Å²) >= 11 is 1.35. The molecule has 4 aromatic rings. The van der Waals surface area contributed by atoms with Gasteiger partial charge in [-0.2, -0.15) is 0 Å². The first-order valence-corrected chi connectivity index (χ1v) is 12.3. The lowest BCUT2D eigenvalue weighted by atomic mass is 10.1. The SMILES string of the molecule is O=C(NCCc1nc(SCc2ccc(F)cc2)[nH]c(=O)c1Cc1cncnc1)NCc1ccccc1. The van der Waals surface area contributed by atoms with Crippen molar-refractivity contribution in [2.24, 2.45) is 0 Å². The summed E-state index contributed by atoms with van der Waals surface area (Å²) in [5.74, 6) is 0.224. The summed E-state index contributed by atoms with van der Waals surface area (Å²) in [6.45, 7) is 0.719. The number of halogens is 1. The number of carbonyl (C=O) groups excluding carboxylic acids is 1. The van der Waals surface area contributed by atoms with Gasteiger partial charge in [-0.3, -0.25) is 4.79 Å². The number of amides is 2. The van der Waals surface area contributed by atoms with Crippen LogP contribution in [0.3, 0.4) is 0 Å². The van der Waals surface area contributed by atoms with E-state index in [1.165, 1.54) is 30.2 Å². The summed E-state index contributed by atoms with van der Waals surface area (Å²) in [6, 6.07) is 15.5. The van der Waals surface area contributed by atoms with Crippen molar-refractivity contribution in [3.8, 4) is 0 Å². The minimum Gasteiger partial charge on any atom is -0.338 e. The fraction of sp³-hybridized carbons (Fsp3) is 0.192. The highest BCUT2D eigenvalue weighted by Crippen LogP contribution is 2.20. The molecule has 0 atom stereocenters. The second-order valence-electron chi connectivity index (χ2n) is 7.98. The predicted octanol–water partition coefficient (Wildman–Crippen LogP) is 3.62. The molecule has 8 nitrogen and oxygen atoms in total. The number of nitrogens with zero attached hydrogens (tertiary/aromatic N) is 3. The van der Waals surface area contributed by atoms with Crippen LogP contribution in [0.2, 0.25) is 0 Å². The first-order valence-electron chi connectivity index (χ1n) is 11.4. The van der Waals surface area contributed by atoms with Crippen LogP contribution in [0, 0.1) is 5.82 Å². The fourth-order valence-corrected chi connectivity index (χ4v) is 4.31. The molecule has 0 saturated heterocycles. The Morgan fingerprint density at radius 2 is 1.69 bits per heavy atom. The number of rotatable bonds is 10. The van der Waals surface area contributed by atoms with E-state index in [0.29, 0.717) is 48.1 Å². The van der Waals surface area contributed by atoms with Gasteiger partial charge in [0.05, 0.1) is 5.69 Å². The molecule has 2 aromatic heterocycles. The third kappa shape index (κ3) is 7.47. The molecule has 2 aromatic carbocycles. The molecule has 0 radical (unpaired) electrons. The van der Waals surface area contributed by atoms with Crippen LogP contribution in [0.1, 0.15) is 27.9 Å². The van der Waals surface area contributed by atoms with E-state index in [-0.39, 0.29) is 17.4 Å². The largest absolute Gasteiger partial charge is 0.338 e. The Hall–Kier alpha value is -4.05. The summed E-state index contributed by atoms with van der Waals surface area (Å²) in [7, 11) is 0. The average molecular weight is 505 g/mol. The molecule has 184 valence electrons. The quantitative estimate of drug-likeness (QED) is 0.225. The molecule has 10 heteroatoms. The first kappa shape index (κ1) is 25.1. The number of aromatic nitrogens is 4. The summed E-state index contributed by atoms with van der Waals surface area (Å²) in [5, 5.41) is 6.10. The number of urea groups is 1. The molecule has 0 aliphatic heterocycles. The lowest BCUT2D eigenvalue weighted by molar-refractivity contribution is 0.240. The smallest absolute Gasteiger partial charge is 0.315 e. The van der Waals surface area contributed by atoms with Crippen molar-refractivity contribution in [1.82, 2.24) is 30.6 Å². The summed E-state index contributed by atoms with van der Waals surface area (Å²) in [4.78, 5) is 40.8. The number of hydrogen-bond acceptors (Lipinski definition) is 6. The highest BCUT2D eigenvalue weighted by molar-refractivity contribution is 7.98. The summed E-state index contributed by atoms with van der Waals surface area (Å²) < 4.78 is 13.2. The lowest BCUT2D eigenvalue weighted by Crippen LogP contribution is -2.36. The maximum absolute atomic E-state index is 13.2. The molecular formula is C26H25FN6O2S. The van der Waals surface area contributed by atoms with Crippen molar-refractivity contribution in [2.45, 2.75) is 30.3 Å². The summed E-state index contributed by atoms with van der Waals surface area (Å²) in [5.41, 5.74) is 3.53. The molecule has 36 heavy (non-hydrogen) atoms. The van der Waals surface area contributed by atoms with Crippen LogP contribution in [0.5, 0.6) is 0 Å². The van der Waals surface area contributed by atoms with Crippen molar-refractivity contribution >= 4 is 17.8 Å². The van der Waals surface area contributed by atoms with Gasteiger partial charge in [0.1, 0.15) is 12.1 Å². The van der Waals surface area contributed by atoms with E-state index in [0.717, 1.165) is 16.7 Å². The molecule has 0 unspecified atom stereocenters. The van der Waals surface area contributed by atoms with E-state index in [2.05, 4.69) is 30.6 Å². The summed E-state index contributed by atoms with van der Waals surface area (Å²) in [6.07, 6.45) is 5.43. The number of H-pyrrole nitrogens is 1. The fourth-order valence-electron chi connectivity index (χ4n) is 3.47. The Morgan fingerprint density at radius 3 is 2.44 bits per heavy atom. The van der Waals surface area contributed by atoms with Gasteiger partial charge in [-0.25, -0.2) is 24.1 Å². The third-order valence-electron chi connectivity index (χ3n) is 5.31. The number of hydrogen-bond donors (Lipinski definition) is 3. The molecule has 2 amide bonds. The Bertz CT molecular complexity index is 1330. The van der Waals surface area contributed by atoms with Crippen molar-refractivity contribution in [2.75, 3.05) is 6.54 Å². The maximum Gasteiger partial charge on any atom is 0.315 e. The monoisotopic (exact) mass is 504 g/mol. The maximum atomic E-state index is 13.2. The number of nitrogens with one attached hydrogen (secondary N) is 3. The molecule has 0 saturated carbocycles. The third-order valence-corrected chi connectivity index (χ3v) is 6.25. The molecule has 0 fully saturated rings. The zero-order chi connectivity index (χ0) is 25.2. The van der Waals surface area contributed by atoms with E-state index in [9.17, 15) is 14.0 Å². The average Bonchev–Trinajstić information content (AvgIpc) is 2.90. The Balaban J connectivity index is 1.43. The topological polar surface area (TPSA) is 113 Å². The van der Waals surface area contributed by atoms with Crippen LogP contribution in [0.4, 0.5) is 9.18 Å². The number of carbonyl (C=O) groups is 1. The van der Waals surface area contributed by atoms with E-state index < -0.39 is 0 Å². The van der Waals surface area contributed by atoms with Crippen LogP contribution in [0.15, 0.2) is 83.3 Å². The van der Waals surface area contributed by atoms with Crippen molar-refractivity contribution in [1.29, 1.82) is 0 Å². The van der Waals surface area contributed by atoms with Crippen molar-refractivity contribution in [3.05, 3.63) is 117 Å². The molecule has 3 N–H and O–H groups in total. The van der Waals surface area contributed by atoms with Gasteiger partial charge >= 0.3 is 6.03 Å². The zero-order valence-electron chi connectivity index (χ0n) is 19.4. The van der Waals surface area contributed by atoms with E-state index in [4.69, 9.17) is 0 Å². The minimum atomic E-state index is -0.299. The van der Waals surface area contributed by atoms with Gasteiger partial charge in [0.2, 0.25) is 0 Å². The van der Waals surface area contributed by atoms with Crippen molar-refractivity contribution in [3.63, 3.8) is 0 Å². The number of thioether (sulfide) groups is 1. The van der Waals surface area contributed by atoms with Crippen LogP contribution >= 0.6 is 11.8 Å². The lowest BCUT2D eigenvalue weighted by Gasteiger charge is -2.12. The van der Waals surface area contributed by atoms with E-state index in [1.807, 2.05) is 30.3 Å². The Labute approximate surface area is 211 Å². The first-order chi connectivity index (χ1) is 17.6. The highest BCUT2D eigenvalue weighted by atomic mass is 32.2. The van der Waals surface area contributed by atoms with Gasteiger partial charge in [0.25, 0.3) is 5.56 Å². The minimum absolute atomic E-state index is 0.251. The highest BCUT2D eigenvalue weighted by Gasteiger charge is 2.14. The number of aromatic amines is 1. The van der Waals surface area contributed by atoms with Gasteiger partial charge < -0.3 is 15.6 Å². The van der Waals surface area contributed by atoms with Gasteiger partial charge in [0, 0.05) is 49.6 Å². The van der Waals surface area contributed by atoms with Crippen LogP contribution in [0.25, 0.3) is 0 Å². The van der Waals surface area contributed by atoms with Crippen molar-refractivity contribution < 1.29 is 9.18 Å². The van der Waals surface area contributed by atoms with E-state index in [1.54, 1.807) is 24.5 Å². The molecule has 4 rings (SSSR count). The second-order valence-corrected chi connectivity index (χ2v) is 8.94. The van der Waals surface area contributed by atoms with Gasteiger partial charge in [-0.15, -0.1) is 0 Å². The van der Waals surface area contributed by atoms with Crippen LogP contribution < -0.4 is 16.2 Å². The molecular weight excluding hydrogens is 479 g/mol. The molecule has 0 spiro atoms. The zero-order valence-corrected chi connectivity index (χ0v) is 20.2. The standard InChI is InChI=1S/C26H25FN6O2S/c27-21-8-6-19(7-9-21)16-36-26-32-23(22(24(34)33-26)12-20-13-28-17-29-14-20)10-11-30-25(35)31-15-18-4-2-1-3-5-18/h1-9,13-14,17H,10-12,15-16H2,(H2,30,31,35)(H,32,33,34). The van der Waals surface area contributed by atoms with Gasteiger partial charge in [-0.05, 0) is 28.8 Å². The predicted molar refractivity (Wildman–Crippen MR) is 136 cm³/mol. The second kappa shape index (κ2) is 12.6. The molecule has 2 heterocycles. The van der Waals surface area contributed by atoms with Crippen LogP contribution in [-0.4, -0.2) is 32.5 Å². The number of benzene rings is 2. The van der Waals surface area contributed by atoms with E-state index >= 15 is 0 Å². The Kier molecular flexibility index (Phi) is 8.77. The van der Waals surface area contributed by atoms with Crippen LogP contribution in [-0.2, 0) is 25.1 Å². The normalized spacial score (nSPS) is 10.7. The van der Waals surface area contributed by atoms with Gasteiger partial charge in [-0.1, -0.05) is 54.2 Å².